The molecule has 2 atom stereocenters. The Morgan fingerprint density at radius 2 is 1.51 bits per heavy atom. The summed E-state index contributed by atoms with van der Waals surface area (Å²) < 4.78 is 73.6. The second kappa shape index (κ2) is 13.6. The van der Waals surface area contributed by atoms with Crippen LogP contribution >= 0.6 is 0 Å². The van der Waals surface area contributed by atoms with E-state index in [1.165, 1.54) is 38.4 Å². The van der Waals surface area contributed by atoms with E-state index in [1.807, 2.05) is 41.5 Å². The van der Waals surface area contributed by atoms with Crippen molar-refractivity contribution in [1.29, 1.82) is 0 Å². The molecule has 0 saturated heterocycles. The molecule has 1 aliphatic rings. The number of anilines is 3. The van der Waals surface area contributed by atoms with Gasteiger partial charge in [0.1, 0.15) is 6.04 Å². The zero-order valence-electron chi connectivity index (χ0n) is 30.5. The van der Waals surface area contributed by atoms with Crippen LogP contribution in [0.3, 0.4) is 0 Å². The molecule has 5 N–H and O–H groups in total. The van der Waals surface area contributed by atoms with Crippen LogP contribution in [0.1, 0.15) is 74.9 Å². The normalized spacial score (nSPS) is 17.9. The number of carbonyl (C=O) groups is 2. The van der Waals surface area contributed by atoms with E-state index in [1.54, 1.807) is 24.3 Å². The topological polar surface area (TPSA) is 221 Å². The SMILES string of the molecule is COc1c(NC(=O)C2(OC)C(NS(C)(=O)=O)c3cc(C(C)(C)C)cc(Oc4ccnc(C(N)=O)n4)c3N2C)cc(C(C)(C)C)cc1NS(C)(=O)=O. The van der Waals surface area contributed by atoms with Crippen molar-refractivity contribution >= 4 is 48.9 Å². The van der Waals surface area contributed by atoms with Gasteiger partial charge in [-0.15, -0.1) is 0 Å². The third kappa shape index (κ3) is 8.19. The minimum absolute atomic E-state index is 0.00636. The Morgan fingerprint density at radius 3 is 2.02 bits per heavy atom. The number of benzene rings is 2. The number of likely N-dealkylation sites (N-methyl/N-ethyl adjacent to an activating group) is 1. The lowest BCUT2D eigenvalue weighted by Crippen LogP contribution is -2.61. The van der Waals surface area contributed by atoms with E-state index < -0.39 is 54.5 Å². The van der Waals surface area contributed by atoms with Gasteiger partial charge in [-0.25, -0.2) is 26.5 Å². The Hall–Kier alpha value is -4.52. The average molecular weight is 748 g/mol. The largest absolute Gasteiger partial charge is 0.492 e. The highest BCUT2D eigenvalue weighted by molar-refractivity contribution is 7.92. The summed E-state index contributed by atoms with van der Waals surface area (Å²) in [6, 6.07) is 6.80. The van der Waals surface area contributed by atoms with Crippen LogP contribution in [0.5, 0.6) is 17.4 Å². The number of aromatic nitrogens is 2. The standard InChI is InChI=1S/C33H45N7O9S2/c1-31(2,3)18-14-20-25(23(17-18)49-24-12-13-35-29(37-24)28(34)41)40(7)33(48-9,27(20)39-51(11,45)46)30(42)36-21-15-19(32(4,5)6)16-22(26(21)47-8)38-50(10,43)44/h12-17,27,38-39H,1-11H3,(H2,34,41)(H,36,42). The summed E-state index contributed by atoms with van der Waals surface area (Å²) in [4.78, 5) is 36.1. The monoisotopic (exact) mass is 747 g/mol. The lowest BCUT2D eigenvalue weighted by molar-refractivity contribution is -0.139. The summed E-state index contributed by atoms with van der Waals surface area (Å²) in [5.74, 6) is -1.87. The van der Waals surface area contributed by atoms with E-state index in [-0.39, 0.29) is 40.3 Å². The number of fused-ring (bicyclic) bond motifs is 1. The number of nitrogens with two attached hydrogens (primary N) is 1. The maximum atomic E-state index is 14.8. The number of rotatable bonds is 11. The molecule has 4 rings (SSSR count). The summed E-state index contributed by atoms with van der Waals surface area (Å²) in [6.07, 6.45) is 3.24. The molecule has 51 heavy (non-hydrogen) atoms. The second-order valence-electron chi connectivity index (χ2n) is 14.3. The molecule has 278 valence electrons. The number of ether oxygens (including phenoxy) is 3. The van der Waals surface area contributed by atoms with Crippen LogP contribution in [0, 0.1) is 0 Å². The van der Waals surface area contributed by atoms with Gasteiger partial charge in [0.15, 0.2) is 11.5 Å². The number of primary amides is 1. The van der Waals surface area contributed by atoms with Crippen LogP contribution < -0.4 is 34.9 Å². The molecule has 2 amide bonds. The van der Waals surface area contributed by atoms with Gasteiger partial charge in [-0.2, -0.15) is 4.98 Å². The number of amides is 2. The molecular weight excluding hydrogens is 703 g/mol. The van der Waals surface area contributed by atoms with Gasteiger partial charge in [0, 0.05) is 32.0 Å². The van der Waals surface area contributed by atoms with E-state index in [2.05, 4.69) is 24.7 Å². The molecular formula is C33H45N7O9S2. The zero-order valence-corrected chi connectivity index (χ0v) is 32.1. The highest BCUT2D eigenvalue weighted by Gasteiger charge is 2.59. The minimum Gasteiger partial charge on any atom is -0.492 e. The van der Waals surface area contributed by atoms with Crippen molar-refractivity contribution in [3.05, 3.63) is 59.0 Å². The van der Waals surface area contributed by atoms with Gasteiger partial charge in [0.2, 0.25) is 37.5 Å². The highest BCUT2D eigenvalue weighted by Crippen LogP contribution is 2.53. The number of sulfonamides is 2. The zero-order chi connectivity index (χ0) is 38.5. The third-order valence-corrected chi connectivity index (χ3v) is 9.50. The van der Waals surface area contributed by atoms with E-state index >= 15 is 0 Å². The lowest BCUT2D eigenvalue weighted by atomic mass is 9.84. The number of nitrogens with one attached hydrogen (secondary N) is 3. The number of hydrogen-bond donors (Lipinski definition) is 4. The summed E-state index contributed by atoms with van der Waals surface area (Å²) in [5.41, 5.74) is 4.40. The van der Waals surface area contributed by atoms with Gasteiger partial charge in [-0.3, -0.25) is 14.3 Å². The van der Waals surface area contributed by atoms with Crippen molar-refractivity contribution in [2.75, 3.05) is 48.7 Å². The van der Waals surface area contributed by atoms with Gasteiger partial charge in [0.25, 0.3) is 11.8 Å². The maximum absolute atomic E-state index is 14.8. The van der Waals surface area contributed by atoms with E-state index in [0.29, 0.717) is 16.7 Å². The fourth-order valence-corrected chi connectivity index (χ4v) is 7.04. The summed E-state index contributed by atoms with van der Waals surface area (Å²) in [6.45, 7) is 11.6. The molecule has 2 aromatic carbocycles. The Labute approximate surface area is 298 Å². The Balaban J connectivity index is 1.99. The quantitative estimate of drug-likeness (QED) is 0.222. The molecule has 0 radical (unpaired) electrons. The molecule has 1 aromatic heterocycles. The summed E-state index contributed by atoms with van der Waals surface area (Å²) >= 11 is 0. The summed E-state index contributed by atoms with van der Waals surface area (Å²) in [7, 11) is -3.68. The molecule has 16 nitrogen and oxygen atoms in total. The molecule has 18 heteroatoms. The van der Waals surface area contributed by atoms with Crippen molar-refractivity contribution in [1.82, 2.24) is 14.7 Å². The molecule has 0 aliphatic carbocycles. The molecule has 2 unspecified atom stereocenters. The van der Waals surface area contributed by atoms with Crippen LogP contribution in [0.2, 0.25) is 0 Å². The number of hydrogen-bond acceptors (Lipinski definition) is 12. The van der Waals surface area contributed by atoms with Gasteiger partial charge >= 0.3 is 0 Å². The molecule has 2 heterocycles. The first-order valence-corrected chi connectivity index (χ1v) is 19.4. The lowest BCUT2D eigenvalue weighted by Gasteiger charge is -2.39. The number of nitrogens with zero attached hydrogens (tertiary/aromatic N) is 3. The van der Waals surface area contributed by atoms with Crippen molar-refractivity contribution in [2.24, 2.45) is 5.73 Å². The Kier molecular flexibility index (Phi) is 10.4. The predicted molar refractivity (Wildman–Crippen MR) is 193 cm³/mol. The summed E-state index contributed by atoms with van der Waals surface area (Å²) in [5, 5.41) is 2.84. The molecule has 3 aromatic rings. The first kappa shape index (κ1) is 39.3. The van der Waals surface area contributed by atoms with Crippen LogP contribution in [0.4, 0.5) is 17.1 Å². The van der Waals surface area contributed by atoms with Gasteiger partial charge in [0.05, 0.1) is 36.7 Å². The molecule has 1 aliphatic heterocycles. The molecule has 0 saturated carbocycles. The Bertz CT molecular complexity index is 2090. The molecule has 0 bridgehead atoms. The van der Waals surface area contributed by atoms with Gasteiger partial charge < -0.3 is 30.2 Å². The van der Waals surface area contributed by atoms with Crippen molar-refractivity contribution in [3.8, 4) is 17.4 Å². The fourth-order valence-electron chi connectivity index (χ4n) is 5.77. The van der Waals surface area contributed by atoms with Crippen LogP contribution in [0.25, 0.3) is 0 Å². The number of carbonyl (C=O) groups excluding carboxylic acids is 2. The smallest absolute Gasteiger partial charge is 0.286 e. The fraction of sp³-hybridized carbons (Fsp3) is 0.455. The molecule has 0 spiro atoms. The predicted octanol–water partition coefficient (Wildman–Crippen LogP) is 3.36. The molecule has 0 fully saturated rings. The average Bonchev–Trinajstić information content (AvgIpc) is 3.22. The van der Waals surface area contributed by atoms with E-state index in [9.17, 15) is 26.4 Å². The van der Waals surface area contributed by atoms with Crippen LogP contribution in [-0.4, -0.2) is 78.1 Å². The van der Waals surface area contributed by atoms with Crippen molar-refractivity contribution in [2.45, 2.75) is 64.1 Å². The van der Waals surface area contributed by atoms with Crippen LogP contribution in [-0.2, 0) is 40.4 Å². The van der Waals surface area contributed by atoms with Gasteiger partial charge in [-0.1, -0.05) is 47.6 Å². The van der Waals surface area contributed by atoms with Crippen molar-refractivity contribution in [3.63, 3.8) is 0 Å². The van der Waals surface area contributed by atoms with E-state index in [0.717, 1.165) is 12.5 Å². The van der Waals surface area contributed by atoms with Crippen molar-refractivity contribution < 1.29 is 40.6 Å². The Morgan fingerprint density at radius 1 is 0.922 bits per heavy atom. The van der Waals surface area contributed by atoms with E-state index in [4.69, 9.17) is 19.9 Å². The number of methoxy groups -OCH3 is 2. The minimum atomic E-state index is -4.01. The first-order chi connectivity index (χ1) is 23.3. The first-order valence-electron chi connectivity index (χ1n) is 15.6. The second-order valence-corrected chi connectivity index (χ2v) is 17.8. The highest BCUT2D eigenvalue weighted by atomic mass is 32.2. The maximum Gasteiger partial charge on any atom is 0.286 e. The third-order valence-electron chi connectivity index (χ3n) is 8.24. The van der Waals surface area contributed by atoms with Crippen LogP contribution in [0.15, 0.2) is 36.5 Å². The van der Waals surface area contributed by atoms with Gasteiger partial charge in [-0.05, 0) is 40.2 Å².